The van der Waals surface area contributed by atoms with Crippen molar-refractivity contribution in [3.8, 4) is 5.69 Å². The molecule has 0 saturated carbocycles. The summed E-state index contributed by atoms with van der Waals surface area (Å²) in [6, 6.07) is 5.93. The number of carbonyl (C=O) groups is 2. The molecule has 7 nitrogen and oxygen atoms in total. The second kappa shape index (κ2) is 7.84. The first kappa shape index (κ1) is 20.8. The van der Waals surface area contributed by atoms with E-state index in [0.29, 0.717) is 11.3 Å². The molecule has 2 aromatic heterocycles. The van der Waals surface area contributed by atoms with Crippen molar-refractivity contribution in [1.82, 2.24) is 9.78 Å². The van der Waals surface area contributed by atoms with E-state index in [1.165, 1.54) is 23.6 Å². The Labute approximate surface area is 169 Å². The number of hydrogen-bond donors (Lipinski definition) is 1. The lowest BCUT2D eigenvalue weighted by molar-refractivity contribution is -0.167. The summed E-state index contributed by atoms with van der Waals surface area (Å²) in [6.07, 6.45) is -5.15. The zero-order valence-electron chi connectivity index (χ0n) is 14.5. The first-order valence-electron chi connectivity index (χ1n) is 7.99. The minimum atomic E-state index is -5.15. The van der Waals surface area contributed by atoms with Crippen LogP contribution < -0.4 is 10.9 Å². The van der Waals surface area contributed by atoms with E-state index in [1.54, 1.807) is 18.3 Å². The first-order valence-corrected chi connectivity index (χ1v) is 9.25. The quantitative estimate of drug-likeness (QED) is 0.617. The number of benzene rings is 1. The molecule has 1 aromatic carbocycles. The molecule has 0 aliphatic heterocycles. The highest BCUT2D eigenvalue weighted by Gasteiger charge is 2.39. The van der Waals surface area contributed by atoms with Crippen molar-refractivity contribution in [2.24, 2.45) is 0 Å². The number of aromatic nitrogens is 2. The van der Waals surface area contributed by atoms with Crippen LogP contribution in [0, 0.1) is 0 Å². The molecule has 0 radical (unpaired) electrons. The lowest BCUT2D eigenvalue weighted by atomic mass is 10.2. The van der Waals surface area contributed by atoms with Crippen molar-refractivity contribution in [3.63, 3.8) is 0 Å². The third-order valence-electron chi connectivity index (χ3n) is 3.66. The molecule has 3 aromatic rings. The number of hydrogen-bond acceptors (Lipinski definition) is 6. The largest absolute Gasteiger partial charge is 0.471 e. The minimum Gasteiger partial charge on any atom is -0.461 e. The van der Waals surface area contributed by atoms with Gasteiger partial charge in [0.1, 0.15) is 5.00 Å². The summed E-state index contributed by atoms with van der Waals surface area (Å²) < 4.78 is 43.7. The number of carbonyl (C=O) groups excluding carboxylic acids is 2. The average molecular weight is 446 g/mol. The van der Waals surface area contributed by atoms with Gasteiger partial charge in [-0.05, 0) is 25.1 Å². The molecule has 0 spiro atoms. The highest BCUT2D eigenvalue weighted by Crippen LogP contribution is 2.32. The number of alkyl halides is 3. The van der Waals surface area contributed by atoms with Crippen molar-refractivity contribution < 1.29 is 27.5 Å². The molecular formula is C17H11ClF3N3O4S. The molecule has 152 valence electrons. The maximum Gasteiger partial charge on any atom is 0.471 e. The maximum atomic E-state index is 13.0. The van der Waals surface area contributed by atoms with Crippen LogP contribution in [-0.2, 0) is 9.53 Å². The number of amides is 1. The molecule has 0 bridgehead atoms. The molecule has 0 aliphatic carbocycles. The monoisotopic (exact) mass is 445 g/mol. The number of anilines is 1. The molecule has 1 N–H and O–H groups in total. The Bertz CT molecular complexity index is 1170. The van der Waals surface area contributed by atoms with Crippen molar-refractivity contribution in [2.75, 3.05) is 11.9 Å². The Hall–Kier alpha value is -2.92. The molecule has 0 unspecified atom stereocenters. The summed E-state index contributed by atoms with van der Waals surface area (Å²) in [7, 11) is 0. The van der Waals surface area contributed by atoms with Gasteiger partial charge in [0.25, 0.3) is 5.56 Å². The van der Waals surface area contributed by atoms with Crippen molar-refractivity contribution >= 4 is 50.6 Å². The molecule has 0 saturated heterocycles. The Morgan fingerprint density at radius 3 is 2.69 bits per heavy atom. The summed E-state index contributed by atoms with van der Waals surface area (Å²) in [6.45, 7) is 1.57. The third kappa shape index (κ3) is 4.10. The van der Waals surface area contributed by atoms with Crippen molar-refractivity contribution in [2.45, 2.75) is 13.1 Å². The van der Waals surface area contributed by atoms with Gasteiger partial charge in [0.15, 0.2) is 5.69 Å². The summed E-state index contributed by atoms with van der Waals surface area (Å²) in [4.78, 5) is 36.6. The van der Waals surface area contributed by atoms with Crippen LogP contribution in [0.5, 0.6) is 0 Å². The first-order chi connectivity index (χ1) is 13.6. The van der Waals surface area contributed by atoms with Gasteiger partial charge >= 0.3 is 18.1 Å². The molecule has 0 atom stereocenters. The Kier molecular flexibility index (Phi) is 5.62. The fraction of sp³-hybridized carbons (Fsp3) is 0.176. The van der Waals surface area contributed by atoms with E-state index in [9.17, 15) is 27.6 Å². The van der Waals surface area contributed by atoms with E-state index in [4.69, 9.17) is 16.3 Å². The molecule has 0 aliphatic rings. The predicted octanol–water partition coefficient (Wildman–Crippen LogP) is 3.78. The van der Waals surface area contributed by atoms with Crippen LogP contribution in [0.2, 0.25) is 5.02 Å². The number of rotatable bonds is 4. The van der Waals surface area contributed by atoms with Gasteiger partial charge in [-0.25, -0.2) is 4.79 Å². The van der Waals surface area contributed by atoms with Crippen molar-refractivity contribution in [1.29, 1.82) is 0 Å². The number of nitrogens with one attached hydrogen (secondary N) is 1. The van der Waals surface area contributed by atoms with Crippen LogP contribution in [0.4, 0.5) is 18.2 Å². The molecular weight excluding hydrogens is 435 g/mol. The Morgan fingerprint density at radius 2 is 2.07 bits per heavy atom. The van der Waals surface area contributed by atoms with Gasteiger partial charge in [0, 0.05) is 15.8 Å². The highest BCUT2D eigenvalue weighted by molar-refractivity contribution is 7.16. The molecule has 0 fully saturated rings. The third-order valence-corrected chi connectivity index (χ3v) is 4.79. The zero-order chi connectivity index (χ0) is 21.3. The van der Waals surface area contributed by atoms with E-state index in [1.807, 2.05) is 0 Å². The lowest BCUT2D eigenvalue weighted by Crippen LogP contribution is -2.30. The second-order valence-electron chi connectivity index (χ2n) is 5.57. The van der Waals surface area contributed by atoms with Gasteiger partial charge in [0.05, 0.1) is 17.7 Å². The van der Waals surface area contributed by atoms with Gasteiger partial charge in [0.2, 0.25) is 0 Å². The summed E-state index contributed by atoms with van der Waals surface area (Å²) in [5, 5.41) is 6.51. The summed E-state index contributed by atoms with van der Waals surface area (Å²) in [5.41, 5.74) is -0.950. The van der Waals surface area contributed by atoms with Gasteiger partial charge in [-0.1, -0.05) is 17.7 Å². The number of thiophene rings is 1. The smallest absolute Gasteiger partial charge is 0.461 e. The second-order valence-corrected chi connectivity index (χ2v) is 6.89. The number of ether oxygens (including phenoxy) is 1. The van der Waals surface area contributed by atoms with Crippen LogP contribution >= 0.6 is 22.9 Å². The fourth-order valence-electron chi connectivity index (χ4n) is 2.45. The Morgan fingerprint density at radius 1 is 1.34 bits per heavy atom. The molecule has 29 heavy (non-hydrogen) atoms. The van der Waals surface area contributed by atoms with Gasteiger partial charge < -0.3 is 10.1 Å². The van der Waals surface area contributed by atoms with Crippen LogP contribution in [0.15, 0.2) is 34.4 Å². The van der Waals surface area contributed by atoms with Gasteiger partial charge in [-0.15, -0.1) is 11.3 Å². The topological polar surface area (TPSA) is 90.3 Å². The lowest BCUT2D eigenvalue weighted by Gasteiger charge is -2.10. The highest BCUT2D eigenvalue weighted by atomic mass is 35.5. The summed E-state index contributed by atoms with van der Waals surface area (Å²) >= 11 is 6.59. The number of esters is 1. The predicted molar refractivity (Wildman–Crippen MR) is 101 cm³/mol. The molecule has 1 amide bonds. The Balaban J connectivity index is 2.28. The molecule has 12 heteroatoms. The van der Waals surface area contributed by atoms with Crippen LogP contribution in [0.25, 0.3) is 16.5 Å². The zero-order valence-corrected chi connectivity index (χ0v) is 16.1. The molecule has 3 rings (SSSR count). The van der Waals surface area contributed by atoms with Crippen LogP contribution in [0.3, 0.4) is 0 Å². The van der Waals surface area contributed by atoms with Gasteiger partial charge in [-0.3, -0.25) is 9.59 Å². The van der Waals surface area contributed by atoms with Crippen molar-refractivity contribution in [3.05, 3.63) is 50.7 Å². The van der Waals surface area contributed by atoms with E-state index in [0.717, 1.165) is 4.68 Å². The normalized spacial score (nSPS) is 11.5. The van der Waals surface area contributed by atoms with Gasteiger partial charge in [-0.2, -0.15) is 23.0 Å². The van der Waals surface area contributed by atoms with E-state index < -0.39 is 23.6 Å². The molecule has 2 heterocycles. The number of halogens is 4. The van der Waals surface area contributed by atoms with E-state index in [2.05, 4.69) is 5.10 Å². The fourth-order valence-corrected chi connectivity index (χ4v) is 3.57. The van der Waals surface area contributed by atoms with E-state index in [-0.39, 0.29) is 38.8 Å². The van der Waals surface area contributed by atoms with Crippen LogP contribution in [-0.4, -0.2) is 34.4 Å². The van der Waals surface area contributed by atoms with Crippen LogP contribution in [0.1, 0.15) is 17.4 Å². The SMILES string of the molecule is CCOC(=O)c1nn(-c2cccc(Cl)c2)c(=O)c2c(NC(=O)C(F)(F)F)scc12. The summed E-state index contributed by atoms with van der Waals surface area (Å²) in [5.74, 6) is -3.12. The number of nitrogens with zero attached hydrogens (tertiary/aromatic N) is 2. The standard InChI is InChI=1S/C17H11ClF3N3O4S/c1-2-28-15(26)12-10-7-29-13(22-16(27)17(19,20)21)11(10)14(25)24(23-12)9-5-3-4-8(18)6-9/h3-7H,2H2,1H3,(H,22,27). The number of fused-ring (bicyclic) bond motifs is 1. The maximum absolute atomic E-state index is 13.0. The minimum absolute atomic E-state index is 0.0140. The van der Waals surface area contributed by atoms with E-state index >= 15 is 0 Å². The average Bonchev–Trinajstić information content (AvgIpc) is 3.05.